The van der Waals surface area contributed by atoms with Crippen LogP contribution >= 0.6 is 10.7 Å². The van der Waals surface area contributed by atoms with Crippen molar-refractivity contribution >= 4 is 29.6 Å². The van der Waals surface area contributed by atoms with Gasteiger partial charge in [-0.1, -0.05) is 22.8 Å². The Morgan fingerprint density at radius 2 is 1.94 bits per heavy atom. The minimum absolute atomic E-state index is 0.0996. The zero-order valence-electron chi connectivity index (χ0n) is 8.88. The Balaban J connectivity index is 3.50. The number of benzene rings is 1. The van der Waals surface area contributed by atoms with Gasteiger partial charge in [-0.2, -0.15) is 8.42 Å². The van der Waals surface area contributed by atoms with Crippen LogP contribution in [0.2, 0.25) is 0 Å². The van der Waals surface area contributed by atoms with E-state index in [2.05, 4.69) is 3.77 Å². The van der Waals surface area contributed by atoms with Crippen LogP contribution in [0.15, 0.2) is 32.9 Å². The molecule has 0 heterocycles. The van der Waals surface area contributed by atoms with E-state index in [1.807, 2.05) is 13.0 Å². The summed E-state index contributed by atoms with van der Waals surface area (Å²) in [6, 6.07) is 6.77. The van der Waals surface area contributed by atoms with Crippen LogP contribution in [0.5, 0.6) is 0 Å². The maximum atomic E-state index is 12.3. The van der Waals surface area contributed by atoms with E-state index in [9.17, 15) is 12.6 Å². The molecule has 0 fully saturated rings. The van der Waals surface area contributed by atoms with Crippen LogP contribution in [0.1, 0.15) is 12.5 Å². The molecule has 0 radical (unpaired) electrons. The summed E-state index contributed by atoms with van der Waals surface area (Å²) in [7, 11) is -2.10. The second kappa shape index (κ2) is 4.73. The van der Waals surface area contributed by atoms with Crippen LogP contribution in [0.25, 0.3) is 0 Å². The van der Waals surface area contributed by atoms with Crippen LogP contribution in [-0.4, -0.2) is 18.4 Å². The summed E-state index contributed by atoms with van der Waals surface area (Å²) in [4.78, 5) is 0.388. The quantitative estimate of drug-likeness (QED) is 0.799. The highest BCUT2D eigenvalue weighted by atomic mass is 35.7. The molecule has 1 aromatic carbocycles. The number of halogens is 1. The van der Waals surface area contributed by atoms with Crippen molar-refractivity contribution < 1.29 is 12.6 Å². The number of aryl methyl sites for hydroxylation is 1. The minimum atomic E-state index is -4.13. The normalized spacial score (nSPS) is 15.4. The molecule has 1 atom stereocenters. The third-order valence-corrected chi connectivity index (χ3v) is 5.91. The third-order valence-electron chi connectivity index (χ3n) is 1.96. The lowest BCUT2D eigenvalue weighted by atomic mass is 10.2. The molecule has 0 bridgehead atoms. The highest BCUT2D eigenvalue weighted by Crippen LogP contribution is 2.18. The van der Waals surface area contributed by atoms with Crippen molar-refractivity contribution in [2.75, 3.05) is 5.75 Å². The van der Waals surface area contributed by atoms with Crippen LogP contribution < -0.4 is 0 Å². The molecule has 0 aliphatic heterocycles. The number of hydrogen-bond acceptors (Lipinski definition) is 3. The van der Waals surface area contributed by atoms with Gasteiger partial charge in [0.1, 0.15) is 0 Å². The fourth-order valence-corrected chi connectivity index (χ4v) is 4.95. The molecular weight excluding hydrogens is 270 g/mol. The molecule has 0 unspecified atom stereocenters. The summed E-state index contributed by atoms with van der Waals surface area (Å²) < 4.78 is 37.3. The first kappa shape index (κ1) is 13.5. The predicted molar refractivity (Wildman–Crippen MR) is 65.3 cm³/mol. The lowest BCUT2D eigenvalue weighted by Gasteiger charge is -2.06. The second-order valence-electron chi connectivity index (χ2n) is 3.23. The summed E-state index contributed by atoms with van der Waals surface area (Å²) in [6.07, 6.45) is 0. The van der Waals surface area contributed by atoms with Crippen molar-refractivity contribution in [3.63, 3.8) is 0 Å². The Bertz CT molecular complexity index is 601. The van der Waals surface area contributed by atoms with Gasteiger partial charge in [-0.05, 0) is 24.6 Å². The molecule has 4 nitrogen and oxygen atoms in total. The summed E-state index contributed by atoms with van der Waals surface area (Å²) >= 11 is 0. The maximum absolute atomic E-state index is 12.3. The number of rotatable bonds is 3. The Labute approximate surface area is 100 Å². The van der Waals surface area contributed by atoms with Gasteiger partial charge in [0.25, 0.3) is 0 Å². The van der Waals surface area contributed by atoms with E-state index in [1.54, 1.807) is 25.1 Å². The Kier molecular flexibility index (Phi) is 3.98. The predicted octanol–water partition coefficient (Wildman–Crippen LogP) is 2.33. The molecule has 90 valence electrons. The first-order valence-electron chi connectivity index (χ1n) is 4.54. The Morgan fingerprint density at radius 3 is 2.38 bits per heavy atom. The molecule has 1 rings (SSSR count). The van der Waals surface area contributed by atoms with Crippen molar-refractivity contribution in [3.05, 3.63) is 29.8 Å². The third kappa shape index (κ3) is 3.47. The van der Waals surface area contributed by atoms with Gasteiger partial charge in [-0.3, -0.25) is 0 Å². The van der Waals surface area contributed by atoms with Crippen LogP contribution in [-0.2, 0) is 19.0 Å². The molecule has 0 aromatic heterocycles. The van der Waals surface area contributed by atoms with E-state index < -0.39 is 19.0 Å². The molecule has 7 heteroatoms. The SMILES string of the molecule is CC[S@](=O)(=NS(=O)(=O)Cl)c1cccc(C)c1. The van der Waals surface area contributed by atoms with Gasteiger partial charge in [-0.25, -0.2) is 4.21 Å². The van der Waals surface area contributed by atoms with Gasteiger partial charge in [0.05, 0.1) is 9.73 Å². The molecule has 1 aromatic rings. The molecule has 0 spiro atoms. The largest absolute Gasteiger partial charge is 0.347 e. The Hall–Kier alpha value is -0.590. The standard InChI is InChI=1S/C9H12ClNO3S2/c1-3-15(12,11-16(10,13)14)9-6-4-5-8(2)7-9/h4-7H,3H2,1-2H3/t15-/m1/s1. The smallest absolute Gasteiger partial charge is 0.244 e. The zero-order chi connectivity index (χ0) is 12.4. The molecule has 16 heavy (non-hydrogen) atoms. The highest BCUT2D eigenvalue weighted by Gasteiger charge is 2.15. The van der Waals surface area contributed by atoms with E-state index in [4.69, 9.17) is 10.7 Å². The fraction of sp³-hybridized carbons (Fsp3) is 0.333. The monoisotopic (exact) mass is 281 g/mol. The lowest BCUT2D eigenvalue weighted by Crippen LogP contribution is -2.06. The van der Waals surface area contributed by atoms with Gasteiger partial charge in [-0.15, -0.1) is 0 Å². The maximum Gasteiger partial charge on any atom is 0.347 e. The molecule has 0 aliphatic carbocycles. The molecular formula is C9H12ClNO3S2. The van der Waals surface area contributed by atoms with Crippen LogP contribution in [0.3, 0.4) is 0 Å². The van der Waals surface area contributed by atoms with Crippen molar-refractivity contribution in [2.45, 2.75) is 18.7 Å². The molecule has 0 saturated heterocycles. The lowest BCUT2D eigenvalue weighted by molar-refractivity contribution is 0.611. The first-order valence-corrected chi connectivity index (χ1v) is 8.49. The number of nitrogens with zero attached hydrogens (tertiary/aromatic N) is 1. The molecule has 0 saturated carbocycles. The van der Waals surface area contributed by atoms with Crippen LogP contribution in [0, 0.1) is 6.92 Å². The van der Waals surface area contributed by atoms with Gasteiger partial charge < -0.3 is 0 Å². The van der Waals surface area contributed by atoms with Crippen molar-refractivity contribution in [3.8, 4) is 0 Å². The van der Waals surface area contributed by atoms with Gasteiger partial charge >= 0.3 is 9.24 Å². The Morgan fingerprint density at radius 1 is 1.31 bits per heavy atom. The summed E-state index contributed by atoms with van der Waals surface area (Å²) in [6.45, 7) is 3.43. The van der Waals surface area contributed by atoms with E-state index in [-0.39, 0.29) is 5.75 Å². The average Bonchev–Trinajstić information content (AvgIpc) is 2.15. The van der Waals surface area contributed by atoms with Crippen LogP contribution in [0.4, 0.5) is 0 Å². The van der Waals surface area contributed by atoms with Crippen molar-refractivity contribution in [1.82, 2.24) is 0 Å². The summed E-state index contributed by atoms with van der Waals surface area (Å²) in [5, 5.41) is 0. The second-order valence-corrected chi connectivity index (χ2v) is 8.15. The van der Waals surface area contributed by atoms with E-state index >= 15 is 0 Å². The first-order chi connectivity index (χ1) is 7.27. The average molecular weight is 282 g/mol. The fourth-order valence-electron chi connectivity index (χ4n) is 1.22. The van der Waals surface area contributed by atoms with Crippen molar-refractivity contribution in [1.29, 1.82) is 0 Å². The minimum Gasteiger partial charge on any atom is -0.244 e. The summed E-state index contributed by atoms with van der Waals surface area (Å²) in [5.74, 6) is 0.0996. The van der Waals surface area contributed by atoms with E-state index in [1.165, 1.54) is 0 Å². The molecule has 0 amide bonds. The van der Waals surface area contributed by atoms with Gasteiger partial charge in [0.2, 0.25) is 0 Å². The summed E-state index contributed by atoms with van der Waals surface area (Å²) in [5.41, 5.74) is 0.890. The van der Waals surface area contributed by atoms with Gasteiger partial charge in [0.15, 0.2) is 0 Å². The van der Waals surface area contributed by atoms with E-state index in [0.717, 1.165) is 5.56 Å². The molecule has 0 aliphatic rings. The molecule has 0 N–H and O–H groups in total. The van der Waals surface area contributed by atoms with Crippen molar-refractivity contribution in [2.24, 2.45) is 3.77 Å². The van der Waals surface area contributed by atoms with E-state index in [0.29, 0.717) is 4.90 Å². The highest BCUT2D eigenvalue weighted by molar-refractivity contribution is 8.17. The zero-order valence-corrected chi connectivity index (χ0v) is 11.3. The number of hydrogen-bond donors (Lipinski definition) is 0. The topological polar surface area (TPSA) is 63.6 Å². The van der Waals surface area contributed by atoms with Gasteiger partial charge in [0, 0.05) is 21.3 Å².